The van der Waals surface area contributed by atoms with Crippen molar-refractivity contribution in [1.82, 2.24) is 35.3 Å². The highest BCUT2D eigenvalue weighted by Gasteiger charge is 2.23. The van der Waals surface area contributed by atoms with Gasteiger partial charge in [-0.25, -0.2) is 0 Å². The molecule has 9 heteroatoms. The Balaban J connectivity index is 1.87. The number of aromatic amines is 1. The van der Waals surface area contributed by atoms with Gasteiger partial charge in [-0.3, -0.25) is 9.89 Å². The molecule has 23 heavy (non-hydrogen) atoms. The van der Waals surface area contributed by atoms with Crippen LogP contribution in [0.2, 0.25) is 0 Å². The van der Waals surface area contributed by atoms with Gasteiger partial charge in [-0.1, -0.05) is 13.8 Å². The molecule has 0 saturated carbocycles. The lowest BCUT2D eigenvalue weighted by atomic mass is 10.1. The van der Waals surface area contributed by atoms with Crippen LogP contribution in [0.4, 0.5) is 0 Å². The van der Waals surface area contributed by atoms with Gasteiger partial charge in [0.25, 0.3) is 5.91 Å². The summed E-state index contributed by atoms with van der Waals surface area (Å²) in [5.74, 6) is 0.740. The highest BCUT2D eigenvalue weighted by atomic mass is 32.1. The molecule has 0 aliphatic rings. The fourth-order valence-corrected chi connectivity index (χ4v) is 2.97. The Labute approximate surface area is 137 Å². The zero-order valence-electron chi connectivity index (χ0n) is 12.9. The molecule has 0 saturated heterocycles. The number of aromatic nitrogens is 6. The lowest BCUT2D eigenvalue weighted by Gasteiger charge is -2.24. The number of nitrogens with zero attached hydrogens (tertiary/aromatic N) is 6. The third-order valence-corrected chi connectivity index (χ3v) is 3.99. The minimum absolute atomic E-state index is 0.0934. The van der Waals surface area contributed by atoms with Crippen molar-refractivity contribution in [3.8, 4) is 5.82 Å². The highest BCUT2D eigenvalue weighted by molar-refractivity contribution is 7.07. The fourth-order valence-electron chi connectivity index (χ4n) is 2.31. The van der Waals surface area contributed by atoms with Gasteiger partial charge in [0.1, 0.15) is 11.9 Å². The summed E-state index contributed by atoms with van der Waals surface area (Å²) in [5, 5.41) is 21.8. The number of tetrazole rings is 1. The Hall–Kier alpha value is -2.55. The summed E-state index contributed by atoms with van der Waals surface area (Å²) in [5.41, 5.74) is 1.57. The summed E-state index contributed by atoms with van der Waals surface area (Å²) < 4.78 is 1.40. The number of carbonyl (C=O) groups is 1. The molecule has 0 spiro atoms. The first-order valence-electron chi connectivity index (χ1n) is 7.22. The van der Waals surface area contributed by atoms with Gasteiger partial charge >= 0.3 is 0 Å². The maximum Gasteiger partial charge on any atom is 0.259 e. The average molecular weight is 331 g/mol. The first kappa shape index (κ1) is 15.3. The predicted octanol–water partition coefficient (Wildman–Crippen LogP) is 1.75. The van der Waals surface area contributed by atoms with Gasteiger partial charge in [-0.05, 0) is 38.7 Å². The van der Waals surface area contributed by atoms with Crippen LogP contribution in [0.1, 0.15) is 29.8 Å². The second-order valence-corrected chi connectivity index (χ2v) is 6.38. The molecule has 3 aromatic heterocycles. The number of H-pyrrole nitrogens is 1. The van der Waals surface area contributed by atoms with E-state index in [1.54, 1.807) is 11.3 Å². The van der Waals surface area contributed by atoms with E-state index in [4.69, 9.17) is 0 Å². The van der Waals surface area contributed by atoms with Crippen molar-refractivity contribution in [3.05, 3.63) is 40.5 Å². The molecule has 3 aromatic rings. The van der Waals surface area contributed by atoms with Gasteiger partial charge < -0.3 is 4.90 Å². The van der Waals surface area contributed by atoms with Crippen molar-refractivity contribution in [2.45, 2.75) is 20.4 Å². The number of hydrogen-bond donors (Lipinski definition) is 1. The van der Waals surface area contributed by atoms with E-state index in [1.165, 1.54) is 17.2 Å². The van der Waals surface area contributed by atoms with E-state index in [1.807, 2.05) is 16.3 Å². The van der Waals surface area contributed by atoms with E-state index >= 15 is 0 Å². The van der Waals surface area contributed by atoms with Crippen molar-refractivity contribution in [2.24, 2.45) is 5.92 Å². The summed E-state index contributed by atoms with van der Waals surface area (Å²) in [4.78, 5) is 14.8. The zero-order chi connectivity index (χ0) is 16.2. The lowest BCUT2D eigenvalue weighted by molar-refractivity contribution is 0.0722. The molecular weight excluding hydrogens is 314 g/mol. The minimum Gasteiger partial charge on any atom is -0.334 e. The van der Waals surface area contributed by atoms with Crippen LogP contribution in [0, 0.1) is 5.92 Å². The van der Waals surface area contributed by atoms with Crippen LogP contribution in [0.25, 0.3) is 5.82 Å². The minimum atomic E-state index is -0.0934. The monoisotopic (exact) mass is 331 g/mol. The van der Waals surface area contributed by atoms with Crippen LogP contribution in [0.15, 0.2) is 29.4 Å². The van der Waals surface area contributed by atoms with Gasteiger partial charge in [-0.2, -0.15) is 21.1 Å². The Morgan fingerprint density at radius 2 is 2.35 bits per heavy atom. The van der Waals surface area contributed by atoms with Gasteiger partial charge in [0.05, 0.1) is 6.20 Å². The maximum atomic E-state index is 13.0. The lowest BCUT2D eigenvalue weighted by Crippen LogP contribution is -2.34. The third kappa shape index (κ3) is 3.45. The Kier molecular flexibility index (Phi) is 4.47. The Morgan fingerprint density at radius 1 is 1.48 bits per heavy atom. The molecule has 0 aliphatic carbocycles. The first-order chi connectivity index (χ1) is 11.1. The van der Waals surface area contributed by atoms with Gasteiger partial charge in [0.2, 0.25) is 0 Å². The quantitative estimate of drug-likeness (QED) is 0.743. The molecule has 0 aliphatic heterocycles. The molecule has 0 bridgehead atoms. The van der Waals surface area contributed by atoms with Crippen LogP contribution < -0.4 is 0 Å². The molecule has 0 aromatic carbocycles. The van der Waals surface area contributed by atoms with Crippen LogP contribution in [0.5, 0.6) is 0 Å². The standard InChI is InChI=1S/C14H17N7OS/c1-10(2)6-20(7-11-3-4-23-8-11)14(22)12-5-15-17-13(12)21-9-16-18-19-21/h3-5,8-10H,6-7H2,1-2H3,(H,15,17). The molecule has 1 N–H and O–H groups in total. The molecule has 0 unspecified atom stereocenters. The molecule has 8 nitrogen and oxygen atoms in total. The molecule has 120 valence electrons. The summed E-state index contributed by atoms with van der Waals surface area (Å²) in [7, 11) is 0. The van der Waals surface area contributed by atoms with Crippen LogP contribution in [-0.4, -0.2) is 47.8 Å². The number of carbonyl (C=O) groups excluding carboxylic acids is 1. The van der Waals surface area contributed by atoms with Gasteiger partial charge in [-0.15, -0.1) is 5.10 Å². The van der Waals surface area contributed by atoms with Gasteiger partial charge in [0, 0.05) is 13.1 Å². The second-order valence-electron chi connectivity index (χ2n) is 5.60. The third-order valence-electron chi connectivity index (χ3n) is 3.25. The average Bonchev–Trinajstić information content (AvgIpc) is 3.25. The van der Waals surface area contributed by atoms with E-state index in [2.05, 4.69) is 45.0 Å². The van der Waals surface area contributed by atoms with Crippen LogP contribution in [-0.2, 0) is 6.54 Å². The summed E-state index contributed by atoms with van der Waals surface area (Å²) in [6.07, 6.45) is 2.94. The highest BCUT2D eigenvalue weighted by Crippen LogP contribution is 2.17. The molecule has 3 heterocycles. The summed E-state index contributed by atoms with van der Waals surface area (Å²) in [6.45, 7) is 5.41. The SMILES string of the molecule is CC(C)CN(Cc1ccsc1)C(=O)c1cn[nH]c1-n1cnnn1. The van der Waals surface area contributed by atoms with E-state index in [-0.39, 0.29) is 5.91 Å². The number of hydrogen-bond acceptors (Lipinski definition) is 6. The fraction of sp³-hybridized carbons (Fsp3) is 0.357. The molecule has 0 radical (unpaired) electrons. The second kappa shape index (κ2) is 6.69. The predicted molar refractivity (Wildman–Crippen MR) is 85.2 cm³/mol. The molecule has 1 amide bonds. The van der Waals surface area contributed by atoms with E-state index < -0.39 is 0 Å². The maximum absolute atomic E-state index is 13.0. The largest absolute Gasteiger partial charge is 0.334 e. The van der Waals surface area contributed by atoms with E-state index in [9.17, 15) is 4.79 Å². The van der Waals surface area contributed by atoms with Crippen molar-refractivity contribution in [3.63, 3.8) is 0 Å². The molecular formula is C14H17N7OS. The topological polar surface area (TPSA) is 92.6 Å². The summed E-state index contributed by atoms with van der Waals surface area (Å²) in [6, 6.07) is 2.03. The Bertz CT molecular complexity index is 748. The summed E-state index contributed by atoms with van der Waals surface area (Å²) >= 11 is 1.62. The first-order valence-corrected chi connectivity index (χ1v) is 8.16. The van der Waals surface area contributed by atoms with Crippen LogP contribution in [0.3, 0.4) is 0 Å². The smallest absolute Gasteiger partial charge is 0.259 e. The Morgan fingerprint density at radius 3 is 3.00 bits per heavy atom. The number of amides is 1. The normalized spacial score (nSPS) is 11.1. The van der Waals surface area contributed by atoms with E-state index in [0.717, 1.165) is 5.56 Å². The number of rotatable bonds is 6. The van der Waals surface area contributed by atoms with Gasteiger partial charge in [0.15, 0.2) is 5.82 Å². The van der Waals surface area contributed by atoms with Crippen molar-refractivity contribution >= 4 is 17.2 Å². The van der Waals surface area contributed by atoms with E-state index in [0.29, 0.717) is 30.4 Å². The van der Waals surface area contributed by atoms with Crippen LogP contribution >= 0.6 is 11.3 Å². The molecule has 0 fully saturated rings. The van der Waals surface area contributed by atoms with Crippen molar-refractivity contribution in [1.29, 1.82) is 0 Å². The number of nitrogens with one attached hydrogen (secondary N) is 1. The van der Waals surface area contributed by atoms with Crippen molar-refractivity contribution in [2.75, 3.05) is 6.54 Å². The molecule has 3 rings (SSSR count). The number of thiophene rings is 1. The zero-order valence-corrected chi connectivity index (χ0v) is 13.7. The van der Waals surface area contributed by atoms with Crippen molar-refractivity contribution < 1.29 is 4.79 Å². The molecule has 0 atom stereocenters.